The van der Waals surface area contributed by atoms with Gasteiger partial charge in [0.25, 0.3) is 0 Å². The molecule has 0 N–H and O–H groups in total. The lowest BCUT2D eigenvalue weighted by Crippen LogP contribution is -2.17. The molecular weight excluding hydrogens is 703 g/mol. The Morgan fingerprint density at radius 2 is 0.948 bits per heavy atom. The van der Waals surface area contributed by atoms with E-state index in [9.17, 15) is 0 Å². The van der Waals surface area contributed by atoms with E-state index >= 15 is 0 Å². The van der Waals surface area contributed by atoms with Crippen LogP contribution in [0.15, 0.2) is 223 Å². The van der Waals surface area contributed by atoms with Crippen molar-refractivity contribution in [3.8, 4) is 33.4 Å². The first-order valence-electron chi connectivity index (χ1n) is 20.1. The molecule has 2 aliphatic carbocycles. The number of fused-ring (bicyclic) bond motifs is 6. The average Bonchev–Trinajstić information content (AvgIpc) is 3.69. The molecule has 1 aromatic heterocycles. The van der Waals surface area contributed by atoms with Gasteiger partial charge in [0.15, 0.2) is 0 Å². The molecular formula is C56H39NO. The largest absolute Gasteiger partial charge is 0.460 e. The van der Waals surface area contributed by atoms with E-state index in [4.69, 9.17) is 4.42 Å². The van der Waals surface area contributed by atoms with Gasteiger partial charge in [0, 0.05) is 28.3 Å². The normalized spacial score (nSPS) is 15.6. The zero-order valence-corrected chi connectivity index (χ0v) is 31.9. The molecule has 2 nitrogen and oxygen atoms in total. The molecule has 2 heteroatoms. The third-order valence-corrected chi connectivity index (χ3v) is 11.9. The number of hydrogen-bond acceptors (Lipinski definition) is 2. The summed E-state index contributed by atoms with van der Waals surface area (Å²) in [6.45, 7) is 0. The minimum atomic E-state index is 0.0606. The second kappa shape index (κ2) is 14.3. The van der Waals surface area contributed by atoms with Crippen LogP contribution in [0.1, 0.15) is 22.8 Å². The van der Waals surface area contributed by atoms with E-state index in [0.29, 0.717) is 0 Å². The Kier molecular flexibility index (Phi) is 8.33. The van der Waals surface area contributed by atoms with Gasteiger partial charge in [-0.15, -0.1) is 0 Å². The van der Waals surface area contributed by atoms with Crippen LogP contribution in [0.25, 0.3) is 66.8 Å². The van der Waals surface area contributed by atoms with E-state index in [2.05, 4.69) is 229 Å². The van der Waals surface area contributed by atoms with Crippen LogP contribution in [-0.4, -0.2) is 0 Å². The zero-order valence-electron chi connectivity index (χ0n) is 31.9. The fourth-order valence-corrected chi connectivity index (χ4v) is 9.20. The van der Waals surface area contributed by atoms with Gasteiger partial charge in [0.2, 0.25) is 0 Å². The molecule has 274 valence electrons. The minimum Gasteiger partial charge on any atom is -0.460 e. The Hall–Kier alpha value is -7.42. The molecule has 0 fully saturated rings. The van der Waals surface area contributed by atoms with Crippen LogP contribution in [0.2, 0.25) is 0 Å². The van der Waals surface area contributed by atoms with Crippen molar-refractivity contribution in [1.29, 1.82) is 0 Å². The number of allylic oxidation sites excluding steroid dienone is 5. The standard InChI is InChI=1S/C56H39NO/c1-3-17-38(18-4-1)39-33-35-42(36-34-39)45-25-13-14-29-51(45)57(52-30-15-22-41-21-7-8-24-44(41)52)53-31-16-32-54-55(53)50-37-49(47-27-11-12-28-48(47)56(50)58-54)46-26-10-9-23-43(46)40-19-5-2-6-20-40/h1-37,47-48H. The molecule has 0 spiro atoms. The summed E-state index contributed by atoms with van der Waals surface area (Å²) >= 11 is 0. The molecule has 1 heterocycles. The maximum atomic E-state index is 7.02. The summed E-state index contributed by atoms with van der Waals surface area (Å²) in [5.41, 5.74) is 15.0. The Balaban J connectivity index is 1.16. The lowest BCUT2D eigenvalue weighted by molar-refractivity contribution is 0.496. The summed E-state index contributed by atoms with van der Waals surface area (Å²) in [5.74, 6) is 1.21. The van der Waals surface area contributed by atoms with Gasteiger partial charge >= 0.3 is 0 Å². The van der Waals surface area contributed by atoms with Crippen molar-refractivity contribution in [2.75, 3.05) is 4.90 Å². The molecule has 58 heavy (non-hydrogen) atoms. The highest BCUT2D eigenvalue weighted by Gasteiger charge is 2.36. The summed E-state index contributed by atoms with van der Waals surface area (Å²) in [5, 5.41) is 3.48. The molecule has 0 saturated carbocycles. The van der Waals surface area contributed by atoms with Gasteiger partial charge in [-0.05, 0) is 74.7 Å². The van der Waals surface area contributed by atoms with Crippen molar-refractivity contribution >= 4 is 50.5 Å². The highest BCUT2D eigenvalue weighted by atomic mass is 16.3. The van der Waals surface area contributed by atoms with Crippen molar-refractivity contribution in [2.24, 2.45) is 5.92 Å². The van der Waals surface area contributed by atoms with Crippen molar-refractivity contribution in [3.63, 3.8) is 0 Å². The Bertz CT molecular complexity index is 3050. The van der Waals surface area contributed by atoms with E-state index < -0.39 is 0 Å². The number of rotatable bonds is 7. The monoisotopic (exact) mass is 741 g/mol. The molecule has 11 rings (SSSR count). The molecule has 0 amide bonds. The second-order valence-electron chi connectivity index (χ2n) is 15.2. The predicted molar refractivity (Wildman–Crippen MR) is 244 cm³/mol. The van der Waals surface area contributed by atoms with Crippen LogP contribution >= 0.6 is 0 Å². The number of nitrogens with zero attached hydrogens (tertiary/aromatic N) is 1. The van der Waals surface area contributed by atoms with Crippen molar-refractivity contribution in [3.05, 3.63) is 235 Å². The highest BCUT2D eigenvalue weighted by molar-refractivity contribution is 6.10. The van der Waals surface area contributed by atoms with E-state index in [1.165, 1.54) is 44.2 Å². The summed E-state index contributed by atoms with van der Waals surface area (Å²) in [4.78, 5) is 2.47. The third kappa shape index (κ3) is 5.73. The minimum absolute atomic E-state index is 0.0606. The van der Waals surface area contributed by atoms with Crippen LogP contribution in [0.3, 0.4) is 0 Å². The third-order valence-electron chi connectivity index (χ3n) is 11.9. The van der Waals surface area contributed by atoms with Crippen LogP contribution in [0.5, 0.6) is 0 Å². The SMILES string of the molecule is C1=CC2C(c3ccccc3-c3ccccc3)=Cc3c(oc4cccc(N(c5ccccc5-c5ccc(-c6ccccc6)cc5)c5cccc6ccccc56)c34)C2C=C1. The molecule has 0 bridgehead atoms. The Morgan fingerprint density at radius 1 is 0.397 bits per heavy atom. The first-order valence-corrected chi connectivity index (χ1v) is 20.1. The highest BCUT2D eigenvalue weighted by Crippen LogP contribution is 2.53. The van der Waals surface area contributed by atoms with Gasteiger partial charge in [-0.3, -0.25) is 0 Å². The molecule has 0 radical (unpaired) electrons. The number of anilines is 3. The van der Waals surface area contributed by atoms with Gasteiger partial charge in [-0.2, -0.15) is 0 Å². The summed E-state index contributed by atoms with van der Waals surface area (Å²) in [6, 6.07) is 69.9. The quantitative estimate of drug-likeness (QED) is 0.162. The summed E-state index contributed by atoms with van der Waals surface area (Å²) in [7, 11) is 0. The molecule has 2 aliphatic rings. The lowest BCUT2D eigenvalue weighted by Gasteiger charge is -2.32. The Labute approximate surface area is 339 Å². The van der Waals surface area contributed by atoms with Crippen molar-refractivity contribution < 1.29 is 4.42 Å². The predicted octanol–water partition coefficient (Wildman–Crippen LogP) is 15.4. The lowest BCUT2D eigenvalue weighted by atomic mass is 9.72. The first-order chi connectivity index (χ1) is 28.8. The fraction of sp³-hybridized carbons (Fsp3) is 0.0357. The van der Waals surface area contributed by atoms with Crippen LogP contribution in [-0.2, 0) is 0 Å². The molecule has 9 aromatic rings. The molecule has 0 aliphatic heterocycles. The number of hydrogen-bond donors (Lipinski definition) is 0. The molecule has 2 atom stereocenters. The molecule has 0 saturated heterocycles. The van der Waals surface area contributed by atoms with Crippen LogP contribution < -0.4 is 4.90 Å². The summed E-state index contributed by atoms with van der Waals surface area (Å²) in [6.07, 6.45) is 11.4. The van der Waals surface area contributed by atoms with Gasteiger partial charge in [0.05, 0.1) is 22.4 Å². The molecule has 8 aromatic carbocycles. The number of furan rings is 1. The van der Waals surface area contributed by atoms with Gasteiger partial charge in [-0.1, -0.05) is 194 Å². The zero-order chi connectivity index (χ0) is 38.4. The van der Waals surface area contributed by atoms with E-state index in [1.54, 1.807) is 0 Å². The fourth-order valence-electron chi connectivity index (χ4n) is 9.20. The van der Waals surface area contributed by atoms with Gasteiger partial charge in [-0.25, -0.2) is 0 Å². The van der Waals surface area contributed by atoms with Crippen molar-refractivity contribution in [1.82, 2.24) is 0 Å². The van der Waals surface area contributed by atoms with Gasteiger partial charge < -0.3 is 9.32 Å². The average molecular weight is 742 g/mol. The second-order valence-corrected chi connectivity index (χ2v) is 15.2. The smallest absolute Gasteiger partial charge is 0.137 e. The van der Waals surface area contributed by atoms with Gasteiger partial charge in [0.1, 0.15) is 11.3 Å². The van der Waals surface area contributed by atoms with Crippen molar-refractivity contribution in [2.45, 2.75) is 5.92 Å². The topological polar surface area (TPSA) is 16.4 Å². The number of para-hydroxylation sites is 1. The number of benzene rings is 8. The first kappa shape index (κ1) is 33.9. The maximum Gasteiger partial charge on any atom is 0.137 e. The Morgan fingerprint density at radius 3 is 1.76 bits per heavy atom. The summed E-state index contributed by atoms with van der Waals surface area (Å²) < 4.78 is 7.02. The van der Waals surface area contributed by atoms with Crippen LogP contribution in [0, 0.1) is 5.92 Å². The molecule has 2 unspecified atom stereocenters. The van der Waals surface area contributed by atoms with Crippen LogP contribution in [0.4, 0.5) is 17.1 Å². The van der Waals surface area contributed by atoms with E-state index in [1.807, 2.05) is 0 Å². The van der Waals surface area contributed by atoms with E-state index in [-0.39, 0.29) is 11.8 Å². The maximum absolute atomic E-state index is 7.02. The van der Waals surface area contributed by atoms with E-state index in [0.717, 1.165) is 50.5 Å².